The van der Waals surface area contributed by atoms with Gasteiger partial charge in [-0.05, 0) is 6.07 Å². The SMILES string of the molecule is NC(=O)NN=Cc1cccc2c1=NC(=O)N=2. The topological polar surface area (TPSA) is 109 Å². The van der Waals surface area contributed by atoms with Crippen LogP contribution < -0.4 is 21.9 Å². The highest BCUT2D eigenvalue weighted by Crippen LogP contribution is 1.89. The number of hydrazone groups is 1. The molecule has 0 radical (unpaired) electrons. The van der Waals surface area contributed by atoms with E-state index < -0.39 is 12.1 Å². The Hall–Kier alpha value is -2.57. The number of primary amides is 1. The number of hydrogen-bond donors (Lipinski definition) is 2. The Morgan fingerprint density at radius 2 is 2.25 bits per heavy atom. The van der Waals surface area contributed by atoms with Crippen molar-refractivity contribution in [2.75, 3.05) is 0 Å². The molecule has 1 aliphatic heterocycles. The highest BCUT2D eigenvalue weighted by molar-refractivity contribution is 5.84. The van der Waals surface area contributed by atoms with Crippen LogP contribution in [-0.4, -0.2) is 18.3 Å². The molecule has 1 aliphatic rings. The van der Waals surface area contributed by atoms with E-state index >= 15 is 0 Å². The number of urea groups is 2. The van der Waals surface area contributed by atoms with Crippen molar-refractivity contribution in [2.45, 2.75) is 0 Å². The summed E-state index contributed by atoms with van der Waals surface area (Å²) < 4.78 is 0. The number of carbonyl (C=O) groups is 2. The van der Waals surface area contributed by atoms with Gasteiger partial charge in [-0.25, -0.2) is 15.0 Å². The molecule has 0 atom stereocenters. The summed E-state index contributed by atoms with van der Waals surface area (Å²) in [5.74, 6) is 0. The summed E-state index contributed by atoms with van der Waals surface area (Å²) in [5.41, 5.74) is 7.46. The lowest BCUT2D eigenvalue weighted by Gasteiger charge is -1.92. The first kappa shape index (κ1) is 9.97. The van der Waals surface area contributed by atoms with Gasteiger partial charge in [-0.1, -0.05) is 12.1 Å². The summed E-state index contributed by atoms with van der Waals surface area (Å²) in [5, 5.41) is 4.52. The van der Waals surface area contributed by atoms with Gasteiger partial charge in [-0.3, -0.25) is 0 Å². The highest BCUT2D eigenvalue weighted by atomic mass is 16.2. The third-order valence-corrected chi connectivity index (χ3v) is 1.85. The molecule has 7 heteroatoms. The van der Waals surface area contributed by atoms with Gasteiger partial charge in [0.05, 0.1) is 11.6 Å². The van der Waals surface area contributed by atoms with Gasteiger partial charge in [0.2, 0.25) is 0 Å². The number of nitrogens with one attached hydrogen (secondary N) is 1. The average Bonchev–Trinajstić information content (AvgIpc) is 2.58. The van der Waals surface area contributed by atoms with Crippen LogP contribution in [0.3, 0.4) is 0 Å². The molecule has 16 heavy (non-hydrogen) atoms. The second-order valence-electron chi connectivity index (χ2n) is 2.96. The van der Waals surface area contributed by atoms with Crippen molar-refractivity contribution in [1.82, 2.24) is 5.43 Å². The van der Waals surface area contributed by atoms with Crippen LogP contribution in [0, 0.1) is 0 Å². The second kappa shape index (κ2) is 3.89. The fourth-order valence-corrected chi connectivity index (χ4v) is 1.25. The van der Waals surface area contributed by atoms with E-state index in [1.54, 1.807) is 18.2 Å². The molecule has 1 aromatic rings. The van der Waals surface area contributed by atoms with Crippen LogP contribution in [-0.2, 0) is 0 Å². The van der Waals surface area contributed by atoms with E-state index in [2.05, 4.69) is 15.1 Å². The molecule has 0 unspecified atom stereocenters. The van der Waals surface area contributed by atoms with Gasteiger partial charge in [-0.2, -0.15) is 15.1 Å². The lowest BCUT2D eigenvalue weighted by atomic mass is 10.2. The molecule has 3 N–H and O–H groups in total. The van der Waals surface area contributed by atoms with Gasteiger partial charge < -0.3 is 5.73 Å². The van der Waals surface area contributed by atoms with Crippen LogP contribution in [0.25, 0.3) is 0 Å². The summed E-state index contributed by atoms with van der Waals surface area (Å²) in [6.07, 6.45) is 1.35. The summed E-state index contributed by atoms with van der Waals surface area (Å²) >= 11 is 0. The maximum atomic E-state index is 11.0. The zero-order valence-electron chi connectivity index (χ0n) is 8.04. The van der Waals surface area contributed by atoms with Crippen molar-refractivity contribution in [3.05, 3.63) is 34.5 Å². The number of fused-ring (bicyclic) bond motifs is 1. The standard InChI is InChI=1S/C9H7N5O2/c10-8(15)14-11-4-5-2-1-3-6-7(5)13-9(16)12-6/h1-4H,(H3,10,14,15). The molecule has 0 spiro atoms. The van der Waals surface area contributed by atoms with Gasteiger partial charge in [0, 0.05) is 5.56 Å². The lowest BCUT2D eigenvalue weighted by molar-refractivity contribution is 0.249. The third kappa shape index (κ3) is 1.92. The molecule has 0 aliphatic carbocycles. The maximum absolute atomic E-state index is 11.0. The highest BCUT2D eigenvalue weighted by Gasteiger charge is 2.06. The molecule has 80 valence electrons. The molecule has 7 nitrogen and oxygen atoms in total. The number of amides is 4. The predicted molar refractivity (Wildman–Crippen MR) is 54.5 cm³/mol. The van der Waals surface area contributed by atoms with Crippen molar-refractivity contribution >= 4 is 18.3 Å². The molecule has 0 saturated heterocycles. The Labute approximate surface area is 89.4 Å². The normalized spacial score (nSPS) is 13.1. The van der Waals surface area contributed by atoms with Crippen molar-refractivity contribution in [3.8, 4) is 0 Å². The van der Waals surface area contributed by atoms with E-state index in [0.29, 0.717) is 16.3 Å². The molecule has 2 rings (SSSR count). The summed E-state index contributed by atoms with van der Waals surface area (Å²) in [6, 6.07) is 3.77. The predicted octanol–water partition coefficient (Wildman–Crippen LogP) is -0.938. The van der Waals surface area contributed by atoms with Crippen LogP contribution in [0.1, 0.15) is 5.56 Å². The Kier molecular flexibility index (Phi) is 2.42. The molecule has 4 amide bonds. The summed E-state index contributed by atoms with van der Waals surface area (Å²) in [4.78, 5) is 28.7. The molecule has 0 saturated carbocycles. The number of rotatable bonds is 2. The molecule has 1 aromatic carbocycles. The van der Waals surface area contributed by atoms with Crippen LogP contribution in [0.5, 0.6) is 0 Å². The fraction of sp³-hybridized carbons (Fsp3) is 0. The van der Waals surface area contributed by atoms with Crippen LogP contribution in [0.4, 0.5) is 9.59 Å². The monoisotopic (exact) mass is 217 g/mol. The zero-order valence-corrected chi connectivity index (χ0v) is 8.04. The van der Waals surface area contributed by atoms with E-state index in [9.17, 15) is 9.59 Å². The molecular formula is C9H7N5O2. The number of nitrogens with zero attached hydrogens (tertiary/aromatic N) is 3. The first-order chi connectivity index (χ1) is 7.66. The number of para-hydroxylation sites is 1. The minimum Gasteiger partial charge on any atom is -0.350 e. The number of hydrogen-bond acceptors (Lipinski definition) is 3. The summed E-state index contributed by atoms with van der Waals surface area (Å²) in [7, 11) is 0. The first-order valence-corrected chi connectivity index (χ1v) is 4.36. The third-order valence-electron chi connectivity index (χ3n) is 1.85. The number of carbonyl (C=O) groups excluding carboxylic acids is 2. The molecule has 0 bridgehead atoms. The van der Waals surface area contributed by atoms with Gasteiger partial charge in [0.25, 0.3) is 0 Å². The van der Waals surface area contributed by atoms with E-state index in [1.165, 1.54) is 6.21 Å². The molecule has 1 heterocycles. The minimum absolute atomic E-state index is 0.447. The Morgan fingerprint density at radius 1 is 1.44 bits per heavy atom. The maximum Gasteiger partial charge on any atom is 0.368 e. The first-order valence-electron chi connectivity index (χ1n) is 4.36. The Bertz CT molecular complexity index is 605. The summed E-state index contributed by atoms with van der Waals surface area (Å²) in [6.45, 7) is 0. The zero-order chi connectivity index (χ0) is 11.5. The van der Waals surface area contributed by atoms with Gasteiger partial charge >= 0.3 is 12.1 Å². The van der Waals surface area contributed by atoms with Crippen LogP contribution in [0.2, 0.25) is 0 Å². The molecular weight excluding hydrogens is 210 g/mol. The average molecular weight is 217 g/mol. The van der Waals surface area contributed by atoms with Crippen molar-refractivity contribution in [2.24, 2.45) is 20.8 Å². The van der Waals surface area contributed by atoms with Crippen LogP contribution in [0.15, 0.2) is 33.3 Å². The number of benzene rings is 1. The molecule has 0 fully saturated rings. The van der Waals surface area contributed by atoms with Gasteiger partial charge in [0.15, 0.2) is 0 Å². The van der Waals surface area contributed by atoms with Crippen molar-refractivity contribution in [3.63, 3.8) is 0 Å². The van der Waals surface area contributed by atoms with E-state index in [1.807, 2.05) is 5.43 Å². The lowest BCUT2D eigenvalue weighted by Crippen LogP contribution is -2.27. The van der Waals surface area contributed by atoms with Crippen LogP contribution >= 0.6 is 0 Å². The quantitative estimate of drug-likeness (QED) is 0.492. The molecule has 0 aromatic heterocycles. The smallest absolute Gasteiger partial charge is 0.350 e. The fourth-order valence-electron chi connectivity index (χ4n) is 1.25. The van der Waals surface area contributed by atoms with Gasteiger partial charge in [-0.15, -0.1) is 0 Å². The van der Waals surface area contributed by atoms with E-state index in [-0.39, 0.29) is 0 Å². The largest absolute Gasteiger partial charge is 0.368 e. The Morgan fingerprint density at radius 3 is 3.00 bits per heavy atom. The Balaban J connectivity index is 2.39. The minimum atomic E-state index is -0.762. The van der Waals surface area contributed by atoms with Crippen molar-refractivity contribution in [1.29, 1.82) is 0 Å². The number of nitrogens with two attached hydrogens (primary N) is 1. The van der Waals surface area contributed by atoms with Gasteiger partial charge in [0.1, 0.15) is 5.36 Å². The van der Waals surface area contributed by atoms with Crippen molar-refractivity contribution < 1.29 is 9.59 Å². The second-order valence-corrected chi connectivity index (χ2v) is 2.96. The van der Waals surface area contributed by atoms with E-state index in [4.69, 9.17) is 5.73 Å². The van der Waals surface area contributed by atoms with E-state index in [0.717, 1.165) is 0 Å².